The lowest BCUT2D eigenvalue weighted by Crippen LogP contribution is -2.52. The Balaban J connectivity index is 1.27. The number of alkyl halides is 3. The van der Waals surface area contributed by atoms with Crippen LogP contribution in [0, 0.1) is 0 Å². The predicted octanol–water partition coefficient (Wildman–Crippen LogP) is 4.49. The number of rotatable bonds is 7. The monoisotopic (exact) mass is 624 g/mol. The highest BCUT2D eigenvalue weighted by Gasteiger charge is 2.37. The van der Waals surface area contributed by atoms with E-state index in [9.17, 15) is 27.6 Å². The fraction of sp³-hybridized carbons (Fsp3) is 0.387. The number of halogens is 3. The molecule has 1 saturated heterocycles. The second kappa shape index (κ2) is 13.9. The van der Waals surface area contributed by atoms with Crippen molar-refractivity contribution in [3.8, 4) is 0 Å². The molecule has 238 valence electrons. The van der Waals surface area contributed by atoms with Crippen molar-refractivity contribution in [1.29, 1.82) is 0 Å². The average molecular weight is 625 g/mol. The summed E-state index contributed by atoms with van der Waals surface area (Å²) in [6, 6.07) is 12.9. The van der Waals surface area contributed by atoms with Gasteiger partial charge in [-0.2, -0.15) is 18.2 Å². The minimum absolute atomic E-state index is 0.0739. The average Bonchev–Trinajstić information content (AvgIpc) is 3.02. The smallest absolute Gasteiger partial charge is 0.365 e. The molecule has 1 aliphatic carbocycles. The van der Waals surface area contributed by atoms with Crippen molar-refractivity contribution >= 4 is 35.3 Å². The van der Waals surface area contributed by atoms with E-state index < -0.39 is 41.6 Å². The highest BCUT2D eigenvalue weighted by molar-refractivity contribution is 6.04. The van der Waals surface area contributed by atoms with E-state index in [1.165, 1.54) is 0 Å². The van der Waals surface area contributed by atoms with Crippen molar-refractivity contribution in [1.82, 2.24) is 30.4 Å². The summed E-state index contributed by atoms with van der Waals surface area (Å²) in [5.74, 6) is -1.17. The molecular weight excluding hydrogens is 589 g/mol. The van der Waals surface area contributed by atoms with Crippen LogP contribution in [-0.4, -0.2) is 82.9 Å². The maximum absolute atomic E-state index is 14.0. The molecule has 0 radical (unpaired) electrons. The molecule has 1 aliphatic heterocycles. The molecule has 3 aromatic rings. The molecule has 1 saturated carbocycles. The summed E-state index contributed by atoms with van der Waals surface area (Å²) in [5.41, 5.74) is 0.256. The standard InChI is InChI=1S/C31H35F3N8O3/c1-41-15-17-42(18-16-41)28(44)21-11-13-22(14-12-21)36-29-35-19-23(31(32,33)34)26(39-29)37-24-9-5-6-10-25(24)38-30(45)40-27(43)20-7-3-2-4-8-20/h2-4,7-8,11-14,19,24-25H,5-6,9-10,15-18H2,1H3,(H2,35,36,37,39)(H2,38,40,43,45)/t24-,25+/m1/s1. The molecule has 0 bridgehead atoms. The number of imide groups is 1. The topological polar surface area (TPSA) is 132 Å². The molecule has 2 atom stereocenters. The number of likely N-dealkylation sites (N-methyl/N-ethyl adjacent to an activating group) is 1. The van der Waals surface area contributed by atoms with Gasteiger partial charge in [0.15, 0.2) is 0 Å². The Labute approximate surface area is 258 Å². The SMILES string of the molecule is CN1CCN(C(=O)c2ccc(Nc3ncc(C(F)(F)F)c(N[C@@H]4CCCC[C@@H]4NC(=O)NC(=O)c4ccccc4)n3)cc2)CC1. The van der Waals surface area contributed by atoms with Crippen LogP contribution in [0.4, 0.5) is 35.4 Å². The van der Waals surface area contributed by atoms with Crippen LogP contribution in [0.25, 0.3) is 0 Å². The third kappa shape index (κ3) is 8.26. The van der Waals surface area contributed by atoms with Gasteiger partial charge in [0, 0.05) is 55.2 Å². The Kier molecular flexibility index (Phi) is 9.81. The second-order valence-corrected chi connectivity index (χ2v) is 11.2. The van der Waals surface area contributed by atoms with E-state index in [0.717, 1.165) is 25.9 Å². The van der Waals surface area contributed by atoms with Crippen molar-refractivity contribution in [2.45, 2.75) is 43.9 Å². The van der Waals surface area contributed by atoms with Gasteiger partial charge in [0.2, 0.25) is 5.95 Å². The fourth-order valence-electron chi connectivity index (χ4n) is 5.40. The number of carbonyl (C=O) groups excluding carboxylic acids is 3. The molecule has 14 heteroatoms. The van der Waals surface area contributed by atoms with E-state index in [2.05, 4.69) is 36.1 Å². The zero-order valence-electron chi connectivity index (χ0n) is 24.7. The van der Waals surface area contributed by atoms with Gasteiger partial charge in [0.05, 0.1) is 6.04 Å². The van der Waals surface area contributed by atoms with Gasteiger partial charge < -0.3 is 25.8 Å². The number of urea groups is 1. The van der Waals surface area contributed by atoms with E-state index in [4.69, 9.17) is 0 Å². The zero-order chi connectivity index (χ0) is 32.0. The Bertz CT molecular complexity index is 1500. The summed E-state index contributed by atoms with van der Waals surface area (Å²) in [4.78, 5) is 49.9. The van der Waals surface area contributed by atoms with Crippen LogP contribution in [0.1, 0.15) is 52.0 Å². The van der Waals surface area contributed by atoms with Crippen LogP contribution < -0.4 is 21.3 Å². The quantitative estimate of drug-likeness (QED) is 0.303. The van der Waals surface area contributed by atoms with Gasteiger partial charge in [-0.15, -0.1) is 0 Å². The lowest BCUT2D eigenvalue weighted by atomic mass is 9.90. The van der Waals surface area contributed by atoms with Crippen LogP contribution >= 0.6 is 0 Å². The summed E-state index contributed by atoms with van der Waals surface area (Å²) in [6.07, 6.45) is -1.56. The molecule has 2 aliphatic rings. The molecule has 45 heavy (non-hydrogen) atoms. The molecule has 0 spiro atoms. The lowest BCUT2D eigenvalue weighted by molar-refractivity contribution is -0.137. The number of amides is 4. The molecule has 1 aromatic heterocycles. The minimum Gasteiger partial charge on any atom is -0.365 e. The van der Waals surface area contributed by atoms with E-state index in [1.807, 2.05) is 7.05 Å². The van der Waals surface area contributed by atoms with Gasteiger partial charge in [0.25, 0.3) is 11.8 Å². The van der Waals surface area contributed by atoms with Gasteiger partial charge >= 0.3 is 12.2 Å². The van der Waals surface area contributed by atoms with E-state index in [1.54, 1.807) is 59.5 Å². The first-order chi connectivity index (χ1) is 21.6. The molecule has 11 nitrogen and oxygen atoms in total. The molecule has 4 amide bonds. The number of anilines is 3. The summed E-state index contributed by atoms with van der Waals surface area (Å²) >= 11 is 0. The number of hydrogen-bond acceptors (Lipinski definition) is 8. The molecule has 0 unspecified atom stereocenters. The van der Waals surface area contributed by atoms with Gasteiger partial charge in [-0.3, -0.25) is 14.9 Å². The fourth-order valence-corrected chi connectivity index (χ4v) is 5.40. The zero-order valence-corrected chi connectivity index (χ0v) is 24.7. The summed E-state index contributed by atoms with van der Waals surface area (Å²) in [5, 5.41) is 10.8. The number of nitrogens with one attached hydrogen (secondary N) is 4. The molecule has 4 N–H and O–H groups in total. The first kappa shape index (κ1) is 31.7. The first-order valence-corrected chi connectivity index (χ1v) is 14.8. The van der Waals surface area contributed by atoms with E-state index in [0.29, 0.717) is 48.9 Å². The Morgan fingerprint density at radius 2 is 1.53 bits per heavy atom. The van der Waals surface area contributed by atoms with Gasteiger partial charge in [-0.25, -0.2) is 9.78 Å². The van der Waals surface area contributed by atoms with Gasteiger partial charge in [-0.05, 0) is 56.3 Å². The highest BCUT2D eigenvalue weighted by Crippen LogP contribution is 2.35. The number of benzene rings is 2. The third-order valence-corrected chi connectivity index (χ3v) is 7.94. The first-order valence-electron chi connectivity index (χ1n) is 14.8. The van der Waals surface area contributed by atoms with Crippen molar-refractivity contribution in [3.63, 3.8) is 0 Å². The molecule has 2 fully saturated rings. The summed E-state index contributed by atoms with van der Waals surface area (Å²) < 4.78 is 41.9. The maximum atomic E-state index is 14.0. The number of hydrogen-bond donors (Lipinski definition) is 4. The van der Waals surface area contributed by atoms with Crippen molar-refractivity contribution in [2.75, 3.05) is 43.9 Å². The van der Waals surface area contributed by atoms with Gasteiger partial charge in [-0.1, -0.05) is 31.0 Å². The van der Waals surface area contributed by atoms with Crippen LogP contribution in [0.3, 0.4) is 0 Å². The van der Waals surface area contributed by atoms with Crippen LogP contribution in [0.5, 0.6) is 0 Å². The van der Waals surface area contributed by atoms with Crippen molar-refractivity contribution in [3.05, 3.63) is 77.5 Å². The number of aromatic nitrogens is 2. The lowest BCUT2D eigenvalue weighted by Gasteiger charge is -2.33. The van der Waals surface area contributed by atoms with E-state index >= 15 is 0 Å². The van der Waals surface area contributed by atoms with Crippen molar-refractivity contribution < 1.29 is 27.6 Å². The van der Waals surface area contributed by atoms with Crippen LogP contribution in [0.2, 0.25) is 0 Å². The molecule has 2 aromatic carbocycles. The van der Waals surface area contributed by atoms with E-state index in [-0.39, 0.29) is 11.9 Å². The molecular formula is C31H35F3N8O3. The van der Waals surface area contributed by atoms with Crippen LogP contribution in [0.15, 0.2) is 60.8 Å². The Hall–Kier alpha value is -4.72. The summed E-state index contributed by atoms with van der Waals surface area (Å²) in [7, 11) is 2.01. The largest absolute Gasteiger partial charge is 0.421 e. The number of piperazine rings is 1. The normalized spacial score (nSPS) is 19.0. The third-order valence-electron chi connectivity index (χ3n) is 7.94. The predicted molar refractivity (Wildman–Crippen MR) is 162 cm³/mol. The Morgan fingerprint density at radius 3 is 2.20 bits per heavy atom. The number of carbonyl (C=O) groups is 3. The molecule has 2 heterocycles. The van der Waals surface area contributed by atoms with Crippen molar-refractivity contribution in [2.24, 2.45) is 0 Å². The minimum atomic E-state index is -4.73. The highest BCUT2D eigenvalue weighted by atomic mass is 19.4. The summed E-state index contributed by atoms with van der Waals surface area (Å²) in [6.45, 7) is 2.87. The maximum Gasteiger partial charge on any atom is 0.421 e. The van der Waals surface area contributed by atoms with Crippen LogP contribution in [-0.2, 0) is 6.18 Å². The Morgan fingerprint density at radius 1 is 0.867 bits per heavy atom. The second-order valence-electron chi connectivity index (χ2n) is 11.2. The number of nitrogens with zero attached hydrogens (tertiary/aromatic N) is 4. The molecule has 5 rings (SSSR count). The van der Waals surface area contributed by atoms with Gasteiger partial charge in [0.1, 0.15) is 11.4 Å².